The number of pyridine rings is 1. The molecule has 1 atom stereocenters. The number of alkyl halides is 3. The smallest absolute Gasteiger partial charge is 0.404 e. The second-order valence-electron chi connectivity index (χ2n) is 9.02. The number of carboxylic acid groups (broad SMARTS) is 1. The summed E-state index contributed by atoms with van der Waals surface area (Å²) in [5.41, 5.74) is 0.882. The number of sulfonamides is 1. The van der Waals surface area contributed by atoms with Gasteiger partial charge in [0, 0.05) is 17.6 Å². The van der Waals surface area contributed by atoms with E-state index in [4.69, 9.17) is 0 Å². The molecular formula is C24H25F4N3O4S. The maximum absolute atomic E-state index is 14.5. The molecule has 0 spiro atoms. The van der Waals surface area contributed by atoms with Crippen molar-refractivity contribution in [3.63, 3.8) is 0 Å². The van der Waals surface area contributed by atoms with Gasteiger partial charge in [-0.2, -0.15) is 17.9 Å². The minimum Gasteiger partial charge on any atom is -0.478 e. The molecule has 3 aromatic rings. The highest BCUT2D eigenvalue weighted by atomic mass is 32.2. The van der Waals surface area contributed by atoms with Gasteiger partial charge in [-0.05, 0) is 56.5 Å². The molecule has 1 aliphatic rings. The molecule has 0 bridgehead atoms. The molecular weight excluding hydrogens is 502 g/mol. The zero-order valence-electron chi connectivity index (χ0n) is 19.6. The lowest BCUT2D eigenvalue weighted by molar-refractivity contribution is -0.147. The highest BCUT2D eigenvalue weighted by molar-refractivity contribution is 7.89. The third-order valence-corrected chi connectivity index (χ3v) is 8.16. The van der Waals surface area contributed by atoms with Crippen LogP contribution >= 0.6 is 0 Å². The number of fused-ring (bicyclic) bond motifs is 1. The molecule has 36 heavy (non-hydrogen) atoms. The summed E-state index contributed by atoms with van der Waals surface area (Å²) in [7, 11) is -4.54. The summed E-state index contributed by atoms with van der Waals surface area (Å²) in [6.07, 6.45) is 0.572. The van der Waals surface area contributed by atoms with Crippen LogP contribution in [0.4, 0.5) is 17.6 Å². The van der Waals surface area contributed by atoms with Gasteiger partial charge in [-0.25, -0.2) is 17.6 Å². The van der Waals surface area contributed by atoms with Gasteiger partial charge in [0.15, 0.2) is 0 Å². The SMILES string of the molecule is Cc1c(F)ccc2c1c(C(=O)O)c(-c1ccc(S(=O)(=O)N[C@@H](C)C(F)(F)F)cn1)n2C1CCCCC1. The lowest BCUT2D eigenvalue weighted by atomic mass is 9.95. The first-order chi connectivity index (χ1) is 16.8. The monoisotopic (exact) mass is 527 g/mol. The predicted molar refractivity (Wildman–Crippen MR) is 125 cm³/mol. The summed E-state index contributed by atoms with van der Waals surface area (Å²) in [6.45, 7) is 2.18. The first kappa shape index (κ1) is 26.1. The zero-order chi connectivity index (χ0) is 26.4. The topological polar surface area (TPSA) is 101 Å². The number of nitrogens with one attached hydrogen (secondary N) is 1. The number of aryl methyl sites for hydroxylation is 1. The number of nitrogens with zero attached hydrogens (tertiary/aromatic N) is 2. The van der Waals surface area contributed by atoms with Crippen LogP contribution in [0.5, 0.6) is 0 Å². The molecule has 0 amide bonds. The van der Waals surface area contributed by atoms with Gasteiger partial charge in [-0.1, -0.05) is 19.3 Å². The van der Waals surface area contributed by atoms with E-state index in [1.54, 1.807) is 4.72 Å². The van der Waals surface area contributed by atoms with Crippen LogP contribution in [-0.4, -0.2) is 41.3 Å². The number of hydrogen-bond donors (Lipinski definition) is 2. The lowest BCUT2D eigenvalue weighted by Gasteiger charge is -2.26. The normalized spacial score (nSPS) is 16.4. The summed E-state index contributed by atoms with van der Waals surface area (Å²) in [4.78, 5) is 16.1. The molecule has 7 nitrogen and oxygen atoms in total. The molecule has 1 saturated carbocycles. The van der Waals surface area contributed by atoms with E-state index in [-0.39, 0.29) is 33.9 Å². The van der Waals surface area contributed by atoms with E-state index >= 15 is 0 Å². The van der Waals surface area contributed by atoms with Crippen LogP contribution in [0.3, 0.4) is 0 Å². The molecule has 2 aromatic heterocycles. The second kappa shape index (κ2) is 9.47. The summed E-state index contributed by atoms with van der Waals surface area (Å²) in [5, 5.41) is 10.4. The van der Waals surface area contributed by atoms with Gasteiger partial charge in [0.05, 0.1) is 22.5 Å². The molecule has 0 saturated heterocycles. The summed E-state index contributed by atoms with van der Waals surface area (Å²) in [6, 6.07) is 2.77. The first-order valence-electron chi connectivity index (χ1n) is 11.4. The van der Waals surface area contributed by atoms with Crippen molar-refractivity contribution in [2.45, 2.75) is 69.1 Å². The van der Waals surface area contributed by atoms with Crippen molar-refractivity contribution in [2.75, 3.05) is 0 Å². The Labute approximate surface area is 205 Å². The third kappa shape index (κ3) is 4.71. The molecule has 4 rings (SSSR count). The Morgan fingerprint density at radius 2 is 1.83 bits per heavy atom. The molecule has 0 aliphatic heterocycles. The predicted octanol–water partition coefficient (Wildman–Crippen LogP) is 5.58. The van der Waals surface area contributed by atoms with E-state index in [1.807, 2.05) is 4.57 Å². The van der Waals surface area contributed by atoms with Crippen molar-refractivity contribution in [1.29, 1.82) is 0 Å². The summed E-state index contributed by atoms with van der Waals surface area (Å²) < 4.78 is 81.4. The van der Waals surface area contributed by atoms with E-state index in [0.29, 0.717) is 12.4 Å². The Morgan fingerprint density at radius 3 is 2.39 bits per heavy atom. The standard InChI is InChI=1S/C24H25F4N3O4S/c1-13-17(25)9-11-19-20(13)21(23(32)33)22(31(19)15-6-4-3-5-7-15)18-10-8-16(12-29-18)36(34,35)30-14(2)24(26,27)28/h8-12,14-15,30H,3-7H2,1-2H3,(H,32,33)/t14-/m0/s1. The number of hydrogen-bond acceptors (Lipinski definition) is 4. The van der Waals surface area contributed by atoms with Crippen molar-refractivity contribution >= 4 is 26.9 Å². The number of carbonyl (C=O) groups is 1. The number of rotatable bonds is 6. The van der Waals surface area contributed by atoms with E-state index in [9.17, 15) is 35.9 Å². The van der Waals surface area contributed by atoms with Crippen LogP contribution < -0.4 is 4.72 Å². The van der Waals surface area contributed by atoms with Crippen molar-refractivity contribution in [1.82, 2.24) is 14.3 Å². The molecule has 1 fully saturated rings. The van der Waals surface area contributed by atoms with Crippen LogP contribution in [-0.2, 0) is 10.0 Å². The highest BCUT2D eigenvalue weighted by Gasteiger charge is 2.39. The maximum Gasteiger partial charge on any atom is 0.404 e. The Kier molecular flexibility index (Phi) is 6.86. The third-order valence-electron chi connectivity index (χ3n) is 6.63. The van der Waals surface area contributed by atoms with Gasteiger partial charge < -0.3 is 9.67 Å². The minimum atomic E-state index is -4.77. The quantitative estimate of drug-likeness (QED) is 0.408. The van der Waals surface area contributed by atoms with Gasteiger partial charge >= 0.3 is 12.1 Å². The summed E-state index contributed by atoms with van der Waals surface area (Å²) >= 11 is 0. The fourth-order valence-electron chi connectivity index (χ4n) is 4.77. The van der Waals surface area contributed by atoms with E-state index in [0.717, 1.165) is 44.4 Å². The van der Waals surface area contributed by atoms with E-state index < -0.39 is 38.9 Å². The summed E-state index contributed by atoms with van der Waals surface area (Å²) in [5.74, 6) is -1.85. The van der Waals surface area contributed by atoms with Gasteiger partial charge in [0.2, 0.25) is 10.0 Å². The minimum absolute atomic E-state index is 0.0753. The molecule has 2 N–H and O–H groups in total. The van der Waals surface area contributed by atoms with Crippen LogP contribution in [0.1, 0.15) is 61.0 Å². The Hall–Kier alpha value is -2.99. The number of halogens is 4. The van der Waals surface area contributed by atoms with Crippen LogP contribution in [0, 0.1) is 12.7 Å². The Balaban J connectivity index is 1.89. The fourth-order valence-corrected chi connectivity index (χ4v) is 5.95. The first-order valence-corrected chi connectivity index (χ1v) is 12.9. The fraction of sp³-hybridized carbons (Fsp3) is 0.417. The van der Waals surface area contributed by atoms with Gasteiger partial charge in [0.1, 0.15) is 16.8 Å². The van der Waals surface area contributed by atoms with Gasteiger partial charge in [0.25, 0.3) is 0 Å². The van der Waals surface area contributed by atoms with Crippen LogP contribution in [0.15, 0.2) is 35.4 Å². The average molecular weight is 528 g/mol. The largest absolute Gasteiger partial charge is 0.478 e. The highest BCUT2D eigenvalue weighted by Crippen LogP contribution is 2.42. The average Bonchev–Trinajstić information content (AvgIpc) is 3.17. The molecule has 12 heteroatoms. The molecule has 1 aliphatic carbocycles. The van der Waals surface area contributed by atoms with Crippen molar-refractivity contribution < 1.29 is 35.9 Å². The molecule has 0 radical (unpaired) electrons. The molecule has 194 valence electrons. The number of carboxylic acids is 1. The zero-order valence-corrected chi connectivity index (χ0v) is 20.4. The van der Waals surface area contributed by atoms with Crippen molar-refractivity contribution in [3.05, 3.63) is 47.4 Å². The maximum atomic E-state index is 14.5. The van der Waals surface area contributed by atoms with Crippen molar-refractivity contribution in [2.24, 2.45) is 0 Å². The van der Waals surface area contributed by atoms with Gasteiger partial charge in [-0.15, -0.1) is 0 Å². The number of aromatic carboxylic acids is 1. The Bertz CT molecular complexity index is 1410. The van der Waals surface area contributed by atoms with Gasteiger partial charge in [-0.3, -0.25) is 4.98 Å². The van der Waals surface area contributed by atoms with Crippen molar-refractivity contribution in [3.8, 4) is 11.4 Å². The second-order valence-corrected chi connectivity index (χ2v) is 10.7. The van der Waals surface area contributed by atoms with Crippen LogP contribution in [0.2, 0.25) is 0 Å². The number of aromatic nitrogens is 2. The molecule has 0 unspecified atom stereocenters. The van der Waals surface area contributed by atoms with E-state index in [1.165, 1.54) is 25.1 Å². The lowest BCUT2D eigenvalue weighted by Crippen LogP contribution is -2.42. The molecule has 1 aromatic carbocycles. The van der Waals surface area contributed by atoms with Crippen LogP contribution in [0.25, 0.3) is 22.3 Å². The number of benzene rings is 1. The molecule has 2 heterocycles. The Morgan fingerprint density at radius 1 is 1.17 bits per heavy atom. The van der Waals surface area contributed by atoms with E-state index in [2.05, 4.69) is 4.98 Å².